The molecule has 0 radical (unpaired) electrons. The van der Waals surface area contributed by atoms with Crippen molar-refractivity contribution in [2.45, 2.75) is 38.0 Å². The van der Waals surface area contributed by atoms with Gasteiger partial charge in [-0.3, -0.25) is 9.59 Å². The van der Waals surface area contributed by atoms with Gasteiger partial charge in [0.1, 0.15) is 26.3 Å². The van der Waals surface area contributed by atoms with Crippen molar-refractivity contribution in [3.63, 3.8) is 0 Å². The Labute approximate surface area is 118 Å². The van der Waals surface area contributed by atoms with Crippen LogP contribution in [0.3, 0.4) is 0 Å². The molecule has 2 atom stereocenters. The average molecular weight is 300 g/mol. The SMILES string of the molecule is CC(=O)OCC1=CN2C(=O)C(N[Si](C)(C)C)[C@H]2SC1. The van der Waals surface area contributed by atoms with Crippen molar-refractivity contribution in [1.29, 1.82) is 0 Å². The fraction of sp³-hybridized carbons (Fsp3) is 0.667. The number of hydrogen-bond donors (Lipinski definition) is 1. The van der Waals surface area contributed by atoms with E-state index in [9.17, 15) is 9.59 Å². The van der Waals surface area contributed by atoms with Crippen molar-refractivity contribution in [2.75, 3.05) is 12.4 Å². The smallest absolute Gasteiger partial charge is 0.302 e. The lowest BCUT2D eigenvalue weighted by molar-refractivity contribution is -0.141. The molecule has 1 N–H and O–H groups in total. The standard InChI is InChI=1S/C12H20N2O3SSi/c1-8(15)17-6-9-5-14-11(16)10(12(14)18-7-9)13-19(2,3)4/h5,10,12-13H,6-7H2,1-4H3/t10?,12-/m1/s1. The normalized spacial score (nSPS) is 26.4. The minimum Gasteiger partial charge on any atom is -0.461 e. The number of β-lactam (4-membered cyclic amide) rings is 1. The Bertz CT molecular complexity index is 433. The summed E-state index contributed by atoms with van der Waals surface area (Å²) in [6.45, 7) is 8.25. The monoisotopic (exact) mass is 300 g/mol. The second-order valence-corrected chi connectivity index (χ2v) is 11.8. The van der Waals surface area contributed by atoms with Crippen LogP contribution in [0.2, 0.25) is 19.6 Å². The van der Waals surface area contributed by atoms with Gasteiger partial charge in [-0.15, -0.1) is 11.8 Å². The minimum atomic E-state index is -1.46. The summed E-state index contributed by atoms with van der Waals surface area (Å²) in [5.74, 6) is 0.646. The van der Waals surface area contributed by atoms with Gasteiger partial charge >= 0.3 is 5.97 Å². The molecule has 0 bridgehead atoms. The fourth-order valence-corrected chi connectivity index (χ4v) is 4.68. The Kier molecular flexibility index (Phi) is 4.07. The molecule has 2 heterocycles. The van der Waals surface area contributed by atoms with Gasteiger partial charge in [-0.2, -0.15) is 0 Å². The topological polar surface area (TPSA) is 58.6 Å². The van der Waals surface area contributed by atoms with E-state index in [4.69, 9.17) is 4.74 Å². The number of carbonyl (C=O) groups is 2. The van der Waals surface area contributed by atoms with Gasteiger partial charge in [-0.05, 0) is 5.57 Å². The summed E-state index contributed by atoms with van der Waals surface area (Å²) in [6, 6.07) is -0.0526. The van der Waals surface area contributed by atoms with Crippen molar-refractivity contribution >= 4 is 31.9 Å². The summed E-state index contributed by atoms with van der Waals surface area (Å²) in [7, 11) is -1.46. The Hall–Kier alpha value is -0.793. The summed E-state index contributed by atoms with van der Waals surface area (Å²) >= 11 is 1.73. The molecular formula is C12H20N2O3SSi. The number of amides is 1. The quantitative estimate of drug-likeness (QED) is 0.479. The number of thioether (sulfide) groups is 1. The molecule has 1 amide bonds. The number of nitrogens with zero attached hydrogens (tertiary/aromatic N) is 1. The molecule has 2 aliphatic rings. The van der Waals surface area contributed by atoms with Gasteiger partial charge in [-0.25, -0.2) is 0 Å². The molecule has 0 saturated carbocycles. The average Bonchev–Trinajstić information content (AvgIpc) is 2.32. The predicted molar refractivity (Wildman–Crippen MR) is 78.1 cm³/mol. The molecular weight excluding hydrogens is 280 g/mol. The number of hydrogen-bond acceptors (Lipinski definition) is 5. The lowest BCUT2D eigenvalue weighted by Gasteiger charge is -2.49. The van der Waals surface area contributed by atoms with Gasteiger partial charge in [0, 0.05) is 18.9 Å². The second kappa shape index (κ2) is 5.30. The van der Waals surface area contributed by atoms with Crippen molar-refractivity contribution in [2.24, 2.45) is 0 Å². The third-order valence-corrected chi connectivity index (χ3v) is 5.45. The van der Waals surface area contributed by atoms with Crippen LogP contribution in [0, 0.1) is 0 Å². The van der Waals surface area contributed by atoms with Gasteiger partial charge in [0.2, 0.25) is 5.91 Å². The summed E-state index contributed by atoms with van der Waals surface area (Å²) in [6.07, 6.45) is 1.84. The lowest BCUT2D eigenvalue weighted by Crippen LogP contribution is -2.71. The maximum absolute atomic E-state index is 12.1. The fourth-order valence-electron chi connectivity index (χ4n) is 2.10. The number of rotatable bonds is 4. The molecule has 5 nitrogen and oxygen atoms in total. The lowest BCUT2D eigenvalue weighted by atomic mass is 10.1. The summed E-state index contributed by atoms with van der Waals surface area (Å²) in [5.41, 5.74) is 0.983. The zero-order valence-corrected chi connectivity index (χ0v) is 13.5. The summed E-state index contributed by atoms with van der Waals surface area (Å²) < 4.78 is 4.96. The molecule has 1 fully saturated rings. The van der Waals surface area contributed by atoms with Crippen LogP contribution < -0.4 is 4.98 Å². The maximum Gasteiger partial charge on any atom is 0.302 e. The predicted octanol–water partition coefficient (Wildman–Crippen LogP) is 1.14. The molecule has 0 aromatic rings. The number of nitrogens with one attached hydrogen (secondary N) is 1. The van der Waals surface area contributed by atoms with Crippen molar-refractivity contribution in [1.82, 2.24) is 9.88 Å². The highest BCUT2D eigenvalue weighted by molar-refractivity contribution is 8.00. The molecule has 1 saturated heterocycles. The van der Waals surface area contributed by atoms with E-state index in [0.717, 1.165) is 11.3 Å². The highest BCUT2D eigenvalue weighted by Crippen LogP contribution is 2.36. The van der Waals surface area contributed by atoms with E-state index < -0.39 is 8.24 Å². The Morgan fingerprint density at radius 2 is 2.26 bits per heavy atom. The van der Waals surface area contributed by atoms with E-state index >= 15 is 0 Å². The Balaban J connectivity index is 1.95. The zero-order chi connectivity index (χ0) is 14.2. The van der Waals surface area contributed by atoms with E-state index in [0.29, 0.717) is 0 Å². The molecule has 1 unspecified atom stereocenters. The number of ether oxygens (including phenoxy) is 1. The Morgan fingerprint density at radius 1 is 1.58 bits per heavy atom. The molecule has 7 heteroatoms. The largest absolute Gasteiger partial charge is 0.461 e. The maximum atomic E-state index is 12.1. The molecule has 106 valence electrons. The van der Waals surface area contributed by atoms with E-state index in [2.05, 4.69) is 24.6 Å². The van der Waals surface area contributed by atoms with Crippen LogP contribution in [0.1, 0.15) is 6.92 Å². The van der Waals surface area contributed by atoms with Crippen LogP contribution in [0.5, 0.6) is 0 Å². The summed E-state index contributed by atoms with van der Waals surface area (Å²) in [5, 5.41) is 0.195. The van der Waals surface area contributed by atoms with Gasteiger partial charge < -0.3 is 14.6 Å². The molecule has 0 spiro atoms. The van der Waals surface area contributed by atoms with E-state index in [1.54, 1.807) is 16.7 Å². The third kappa shape index (κ3) is 3.40. The van der Waals surface area contributed by atoms with Crippen LogP contribution in [-0.4, -0.2) is 48.8 Å². The van der Waals surface area contributed by atoms with E-state index in [-0.39, 0.29) is 29.9 Å². The van der Waals surface area contributed by atoms with Gasteiger partial charge in [0.05, 0.1) is 0 Å². The van der Waals surface area contributed by atoms with Gasteiger partial charge in [-0.1, -0.05) is 19.6 Å². The highest BCUT2D eigenvalue weighted by Gasteiger charge is 2.49. The Morgan fingerprint density at radius 3 is 2.84 bits per heavy atom. The zero-order valence-electron chi connectivity index (χ0n) is 11.7. The van der Waals surface area contributed by atoms with Crippen LogP contribution in [0.25, 0.3) is 0 Å². The first-order chi connectivity index (χ1) is 8.78. The molecule has 0 aliphatic carbocycles. The number of carbonyl (C=O) groups excluding carboxylic acids is 2. The minimum absolute atomic E-state index is 0.0526. The van der Waals surface area contributed by atoms with E-state index in [1.165, 1.54) is 6.92 Å². The molecule has 0 aromatic carbocycles. The first-order valence-corrected chi connectivity index (χ1v) is 10.9. The van der Waals surface area contributed by atoms with Crippen LogP contribution in [0.4, 0.5) is 0 Å². The van der Waals surface area contributed by atoms with Gasteiger partial charge in [0.15, 0.2) is 0 Å². The summed E-state index contributed by atoms with van der Waals surface area (Å²) in [4.78, 5) is 28.1. The molecule has 0 aromatic heterocycles. The van der Waals surface area contributed by atoms with Crippen LogP contribution in [0.15, 0.2) is 11.8 Å². The first kappa shape index (κ1) is 14.6. The van der Waals surface area contributed by atoms with Crippen molar-refractivity contribution in [3.8, 4) is 0 Å². The number of fused-ring (bicyclic) bond motifs is 1. The first-order valence-electron chi connectivity index (χ1n) is 6.32. The second-order valence-electron chi connectivity index (χ2n) is 5.89. The van der Waals surface area contributed by atoms with Crippen molar-refractivity contribution in [3.05, 3.63) is 11.8 Å². The number of esters is 1. The molecule has 2 aliphatic heterocycles. The van der Waals surface area contributed by atoms with Crippen LogP contribution >= 0.6 is 11.8 Å². The molecule has 19 heavy (non-hydrogen) atoms. The van der Waals surface area contributed by atoms with Crippen molar-refractivity contribution < 1.29 is 14.3 Å². The van der Waals surface area contributed by atoms with E-state index in [1.807, 2.05) is 6.20 Å². The third-order valence-electron chi connectivity index (χ3n) is 2.89. The molecule has 2 rings (SSSR count). The van der Waals surface area contributed by atoms with Gasteiger partial charge in [0.25, 0.3) is 0 Å². The highest BCUT2D eigenvalue weighted by atomic mass is 32.2. The van der Waals surface area contributed by atoms with Crippen LogP contribution in [-0.2, 0) is 14.3 Å².